The second-order valence-electron chi connectivity index (χ2n) is 10.8. The first kappa shape index (κ1) is 33.4. The fourth-order valence-corrected chi connectivity index (χ4v) is 4.56. The average Bonchev–Trinajstić information content (AvgIpc) is 3.26. The normalized spacial score (nSPS) is 13.8. The highest BCUT2D eigenvalue weighted by Crippen LogP contribution is 2.40. The lowest BCUT2D eigenvalue weighted by Crippen LogP contribution is -2.37. The van der Waals surface area contributed by atoms with Crippen LogP contribution in [0.25, 0.3) is 5.65 Å². The first-order chi connectivity index (χ1) is 20.1. The van der Waals surface area contributed by atoms with E-state index < -0.39 is 12.1 Å². The lowest BCUT2D eigenvalue weighted by molar-refractivity contribution is -0.192. The highest BCUT2D eigenvalue weighted by Gasteiger charge is 2.38. The van der Waals surface area contributed by atoms with E-state index in [4.69, 9.17) is 24.8 Å². The summed E-state index contributed by atoms with van der Waals surface area (Å²) in [5.41, 5.74) is 2.79. The molecule has 0 spiro atoms. The zero-order valence-electron chi connectivity index (χ0n) is 25.2. The number of ether oxygens (including phenoxy) is 2. The number of hydrogen-bond acceptors (Lipinski definition) is 9. The number of ketones is 1. The number of hydrogen-bond donors (Lipinski definition) is 2. The number of rotatable bonds is 8. The van der Waals surface area contributed by atoms with Crippen molar-refractivity contribution < 1.29 is 37.3 Å². The first-order valence-corrected chi connectivity index (χ1v) is 13.8. The number of aromatic nitrogens is 4. The number of carboxylic acids is 1. The molecule has 0 amide bonds. The molecule has 0 atom stereocenters. The molecule has 4 rings (SSSR count). The van der Waals surface area contributed by atoms with Crippen LogP contribution in [0.1, 0.15) is 50.5 Å². The number of benzene rings is 1. The summed E-state index contributed by atoms with van der Waals surface area (Å²) in [6.45, 7) is 14.8. The van der Waals surface area contributed by atoms with Gasteiger partial charge in [0, 0.05) is 37.3 Å². The fraction of sp³-hybridized carbons (Fsp3) is 0.536. The van der Waals surface area contributed by atoms with E-state index in [1.54, 1.807) is 7.11 Å². The molecule has 2 aromatic heterocycles. The molecule has 0 bridgehead atoms. The van der Waals surface area contributed by atoms with E-state index >= 15 is 0 Å². The Bertz CT molecular complexity index is 1500. The van der Waals surface area contributed by atoms with Crippen molar-refractivity contribution in [3.05, 3.63) is 41.0 Å². The Labute approximate surface area is 247 Å². The lowest BCUT2D eigenvalue weighted by Gasteiger charge is -2.33. The average molecular weight is 610 g/mol. The van der Waals surface area contributed by atoms with Crippen LogP contribution in [-0.4, -0.2) is 88.9 Å². The predicted octanol–water partition coefficient (Wildman–Crippen LogP) is 3.52. The maximum atomic E-state index is 13.6. The molecule has 43 heavy (non-hydrogen) atoms. The van der Waals surface area contributed by atoms with Crippen molar-refractivity contribution in [1.82, 2.24) is 19.4 Å². The number of anilines is 2. The van der Waals surface area contributed by atoms with Gasteiger partial charge in [0.05, 0.1) is 26.0 Å². The third kappa shape index (κ3) is 7.83. The first-order valence-electron chi connectivity index (χ1n) is 13.8. The quantitative estimate of drug-likeness (QED) is 0.368. The molecule has 1 aromatic carbocycles. The molecule has 0 radical (unpaired) electrons. The molecular weight excluding hydrogens is 571 g/mol. The largest absolute Gasteiger partial charge is 0.494 e. The Morgan fingerprint density at radius 1 is 1.09 bits per heavy atom. The molecule has 236 valence electrons. The number of carboxylic acid groups (broad SMARTS) is 1. The van der Waals surface area contributed by atoms with Crippen molar-refractivity contribution in [2.45, 2.75) is 52.8 Å². The second-order valence-corrected chi connectivity index (χ2v) is 10.8. The van der Waals surface area contributed by atoms with Crippen LogP contribution in [0.15, 0.2) is 24.3 Å². The van der Waals surface area contributed by atoms with Crippen LogP contribution >= 0.6 is 0 Å². The molecule has 12 nitrogen and oxygen atoms in total. The van der Waals surface area contributed by atoms with Crippen LogP contribution in [0.5, 0.6) is 5.75 Å². The predicted molar refractivity (Wildman–Crippen MR) is 153 cm³/mol. The smallest absolute Gasteiger partial charge is 0.490 e. The van der Waals surface area contributed by atoms with E-state index in [1.807, 2.05) is 24.3 Å². The van der Waals surface area contributed by atoms with Gasteiger partial charge in [0.15, 0.2) is 11.4 Å². The summed E-state index contributed by atoms with van der Waals surface area (Å²) in [7, 11) is 1.67. The molecule has 0 saturated carbocycles. The Balaban J connectivity index is 0.000000646. The minimum atomic E-state index is -5.08. The van der Waals surface area contributed by atoms with Crippen LogP contribution in [0, 0.1) is 5.41 Å². The number of fused-ring (bicyclic) bond motifs is 1. The van der Waals surface area contributed by atoms with Crippen molar-refractivity contribution in [3.8, 4) is 5.75 Å². The van der Waals surface area contributed by atoms with Gasteiger partial charge in [-0.05, 0) is 43.5 Å². The minimum absolute atomic E-state index is 0.0543. The number of nitrogens with zero attached hydrogens (tertiary/aromatic N) is 6. The summed E-state index contributed by atoms with van der Waals surface area (Å²) in [6, 6.07) is 7.55. The van der Waals surface area contributed by atoms with Crippen LogP contribution in [-0.2, 0) is 21.5 Å². The molecule has 2 N–H and O–H groups in total. The Morgan fingerprint density at radius 3 is 2.21 bits per heavy atom. The van der Waals surface area contributed by atoms with Crippen LogP contribution in [0.2, 0.25) is 0 Å². The number of aliphatic carboxylic acids is 1. The molecule has 1 saturated heterocycles. The van der Waals surface area contributed by atoms with Gasteiger partial charge in [0.1, 0.15) is 18.1 Å². The van der Waals surface area contributed by atoms with E-state index in [-0.39, 0.29) is 23.4 Å². The molecule has 0 unspecified atom stereocenters. The second kappa shape index (κ2) is 13.4. The van der Waals surface area contributed by atoms with E-state index in [1.165, 1.54) is 9.20 Å². The van der Waals surface area contributed by atoms with E-state index in [0.717, 1.165) is 49.0 Å². The summed E-state index contributed by atoms with van der Waals surface area (Å²) >= 11 is 0. The van der Waals surface area contributed by atoms with E-state index in [2.05, 4.69) is 54.6 Å². The van der Waals surface area contributed by atoms with Crippen molar-refractivity contribution in [1.29, 1.82) is 5.41 Å². The highest BCUT2D eigenvalue weighted by molar-refractivity contribution is 5.97. The van der Waals surface area contributed by atoms with Crippen molar-refractivity contribution in [3.63, 3.8) is 0 Å². The molecule has 15 heteroatoms. The summed E-state index contributed by atoms with van der Waals surface area (Å²) < 4.78 is 46.0. The van der Waals surface area contributed by atoms with Crippen molar-refractivity contribution >= 4 is 28.9 Å². The number of morpholine rings is 1. The summed E-state index contributed by atoms with van der Waals surface area (Å²) in [5.74, 6) is -1.32. The third-order valence-electron chi connectivity index (χ3n) is 6.85. The number of halogens is 3. The van der Waals surface area contributed by atoms with E-state index in [9.17, 15) is 18.0 Å². The van der Waals surface area contributed by atoms with Gasteiger partial charge in [-0.2, -0.15) is 17.7 Å². The standard InChI is InChI=1S/C26H37N7O3.C2HF3O2/c1-7-30(8-2)22-9-10-23-28-32(25(27)33(23)29-22)17-21(34)18-15-19(26(3,4)5)24(35-6)20(16-18)31-11-13-36-14-12-31;3-2(4,5)1(6)7/h9-10,15-16,27H,7-8,11-14,17H2,1-6H3;(H,6,7). The lowest BCUT2D eigenvalue weighted by atomic mass is 9.84. The number of carbonyl (C=O) groups is 2. The zero-order chi connectivity index (χ0) is 32.1. The molecule has 3 heterocycles. The van der Waals surface area contributed by atoms with Crippen LogP contribution < -0.4 is 20.2 Å². The summed E-state index contributed by atoms with van der Waals surface area (Å²) in [5, 5.41) is 24.8. The molecule has 3 aromatic rings. The zero-order valence-corrected chi connectivity index (χ0v) is 25.2. The van der Waals surface area contributed by atoms with Gasteiger partial charge in [-0.15, -0.1) is 10.2 Å². The van der Waals surface area contributed by atoms with Gasteiger partial charge < -0.3 is 24.4 Å². The maximum absolute atomic E-state index is 13.6. The van der Waals surface area contributed by atoms with Crippen LogP contribution in [0.4, 0.5) is 24.7 Å². The Kier molecular flexibility index (Phi) is 10.4. The third-order valence-corrected chi connectivity index (χ3v) is 6.85. The van der Waals surface area contributed by atoms with Gasteiger partial charge in [-0.25, -0.2) is 9.48 Å². The van der Waals surface area contributed by atoms with Gasteiger partial charge in [-0.3, -0.25) is 10.2 Å². The number of alkyl halides is 3. The van der Waals surface area contributed by atoms with Gasteiger partial charge >= 0.3 is 12.1 Å². The van der Waals surface area contributed by atoms with Gasteiger partial charge in [-0.1, -0.05) is 20.8 Å². The van der Waals surface area contributed by atoms with Crippen LogP contribution in [0.3, 0.4) is 0 Å². The molecule has 1 aliphatic rings. The maximum Gasteiger partial charge on any atom is 0.490 e. The van der Waals surface area contributed by atoms with E-state index in [0.29, 0.717) is 24.4 Å². The Hall–Kier alpha value is -4.14. The van der Waals surface area contributed by atoms with Gasteiger partial charge in [0.2, 0.25) is 5.62 Å². The molecule has 1 aliphatic heterocycles. The molecular formula is C28H38F3N7O5. The molecule has 1 fully saturated rings. The van der Waals surface area contributed by atoms with Crippen molar-refractivity contribution in [2.75, 3.05) is 56.3 Å². The SMILES string of the molecule is CCN(CC)c1ccc2nn(CC(=O)c3cc(N4CCOCC4)c(OC)c(C(C)(C)C)c3)c(=N)n2n1.O=C(O)C(F)(F)F. The molecule has 0 aliphatic carbocycles. The Morgan fingerprint density at radius 2 is 1.70 bits per heavy atom. The number of carbonyl (C=O) groups excluding carboxylic acids is 1. The fourth-order valence-electron chi connectivity index (χ4n) is 4.56. The number of nitrogens with one attached hydrogen (secondary N) is 1. The topological polar surface area (TPSA) is 138 Å². The number of Topliss-reactive ketones (excluding diaryl/α,β-unsaturated/α-hetero) is 1. The minimum Gasteiger partial charge on any atom is -0.494 e. The van der Waals surface area contributed by atoms with Crippen molar-refractivity contribution in [2.24, 2.45) is 0 Å². The van der Waals surface area contributed by atoms with Gasteiger partial charge in [0.25, 0.3) is 0 Å². The summed E-state index contributed by atoms with van der Waals surface area (Å²) in [6.07, 6.45) is -5.08. The monoisotopic (exact) mass is 609 g/mol. The summed E-state index contributed by atoms with van der Waals surface area (Å²) in [4.78, 5) is 26.8. The number of methoxy groups -OCH3 is 1. The highest BCUT2D eigenvalue weighted by atomic mass is 19.4.